The molecule has 0 radical (unpaired) electrons. The van der Waals surface area contributed by atoms with Crippen molar-refractivity contribution >= 4 is 35.1 Å². The Labute approximate surface area is 140 Å². The summed E-state index contributed by atoms with van der Waals surface area (Å²) in [6, 6.07) is 5.01. The lowest BCUT2D eigenvalue weighted by Gasteiger charge is -2.35. The van der Waals surface area contributed by atoms with Crippen molar-refractivity contribution in [2.75, 3.05) is 18.1 Å². The Hall–Kier alpha value is 0.1000. The van der Waals surface area contributed by atoms with Gasteiger partial charge in [0.2, 0.25) is 0 Å². The highest BCUT2D eigenvalue weighted by Gasteiger charge is 2.30. The van der Waals surface area contributed by atoms with E-state index >= 15 is 0 Å². The predicted octanol–water partition coefficient (Wildman–Crippen LogP) is 4.63. The van der Waals surface area contributed by atoms with Gasteiger partial charge in [0.15, 0.2) is 0 Å². The van der Waals surface area contributed by atoms with E-state index in [1.54, 1.807) is 12.1 Å². The highest BCUT2D eigenvalue weighted by Crippen LogP contribution is 2.34. The summed E-state index contributed by atoms with van der Waals surface area (Å²) in [4.78, 5) is 0. The van der Waals surface area contributed by atoms with E-state index in [9.17, 15) is 4.39 Å². The minimum atomic E-state index is -0.206. The van der Waals surface area contributed by atoms with Gasteiger partial charge in [-0.3, -0.25) is 0 Å². The van der Waals surface area contributed by atoms with Crippen LogP contribution in [-0.2, 0) is 6.42 Å². The summed E-state index contributed by atoms with van der Waals surface area (Å²) in [6.07, 6.45) is 1.89. The number of hydrogen-bond donors (Lipinski definition) is 1. The zero-order chi connectivity index (χ0) is 15.2. The molecule has 1 aliphatic rings. The van der Waals surface area contributed by atoms with Crippen LogP contribution in [0.15, 0.2) is 18.2 Å². The largest absolute Gasteiger partial charge is 0.313 e. The van der Waals surface area contributed by atoms with Gasteiger partial charge in [0.05, 0.1) is 0 Å². The molecule has 1 N–H and O–H groups in total. The average Bonchev–Trinajstić information content (AvgIpc) is 2.48. The van der Waals surface area contributed by atoms with Crippen LogP contribution < -0.4 is 5.32 Å². The van der Waals surface area contributed by atoms with Crippen molar-refractivity contribution in [3.63, 3.8) is 0 Å². The molecule has 1 aromatic rings. The first-order valence-electron chi connectivity index (χ1n) is 7.52. The maximum atomic E-state index is 13.5. The van der Waals surface area contributed by atoms with E-state index in [1.807, 2.05) is 23.5 Å². The molecular formula is C16H23ClFNS2. The first-order valence-corrected chi connectivity index (χ1v) is 10.00. The molecule has 21 heavy (non-hydrogen) atoms. The first-order chi connectivity index (χ1) is 10.1. The smallest absolute Gasteiger partial charge is 0.123 e. The van der Waals surface area contributed by atoms with Crippen LogP contribution in [0.5, 0.6) is 0 Å². The van der Waals surface area contributed by atoms with E-state index in [2.05, 4.69) is 19.2 Å². The van der Waals surface area contributed by atoms with Crippen LogP contribution in [0.4, 0.5) is 4.39 Å². The van der Waals surface area contributed by atoms with Gasteiger partial charge in [0.1, 0.15) is 5.82 Å². The predicted molar refractivity (Wildman–Crippen MR) is 95.4 cm³/mol. The fourth-order valence-corrected chi connectivity index (χ4v) is 5.82. The highest BCUT2D eigenvalue weighted by molar-refractivity contribution is 8.07. The molecule has 1 aliphatic heterocycles. The fourth-order valence-electron chi connectivity index (χ4n) is 2.66. The van der Waals surface area contributed by atoms with Gasteiger partial charge < -0.3 is 5.32 Å². The maximum Gasteiger partial charge on any atom is 0.123 e. The zero-order valence-electron chi connectivity index (χ0n) is 12.6. The van der Waals surface area contributed by atoms with Crippen LogP contribution in [0.3, 0.4) is 0 Å². The Morgan fingerprint density at radius 3 is 2.86 bits per heavy atom. The summed E-state index contributed by atoms with van der Waals surface area (Å²) in [5.41, 5.74) is 0.911. The van der Waals surface area contributed by atoms with Crippen LogP contribution in [0, 0.1) is 5.82 Å². The van der Waals surface area contributed by atoms with Crippen molar-refractivity contribution in [2.45, 2.75) is 43.2 Å². The molecular weight excluding hydrogens is 325 g/mol. The highest BCUT2D eigenvalue weighted by atomic mass is 35.5. The number of thioether (sulfide) groups is 2. The topological polar surface area (TPSA) is 12.0 Å². The third-order valence-electron chi connectivity index (χ3n) is 3.74. The maximum absolute atomic E-state index is 13.5. The van der Waals surface area contributed by atoms with Gasteiger partial charge in [0.25, 0.3) is 0 Å². The second-order valence-electron chi connectivity index (χ2n) is 5.41. The van der Waals surface area contributed by atoms with Crippen molar-refractivity contribution in [3.05, 3.63) is 34.6 Å². The van der Waals surface area contributed by atoms with Gasteiger partial charge in [-0.1, -0.05) is 25.4 Å². The third-order valence-corrected chi connectivity index (χ3v) is 7.36. The quantitative estimate of drug-likeness (QED) is 0.806. The molecule has 1 nitrogen and oxygen atoms in total. The number of hydrogen-bond acceptors (Lipinski definition) is 3. The van der Waals surface area contributed by atoms with E-state index in [1.165, 1.54) is 17.6 Å². The Morgan fingerprint density at radius 2 is 2.14 bits per heavy atom. The minimum Gasteiger partial charge on any atom is -0.313 e. The number of rotatable bonds is 6. The Bertz CT molecular complexity index is 458. The molecule has 3 atom stereocenters. The van der Waals surface area contributed by atoms with Gasteiger partial charge in [-0.2, -0.15) is 23.5 Å². The second-order valence-corrected chi connectivity index (χ2v) is 8.59. The molecule has 1 saturated heterocycles. The van der Waals surface area contributed by atoms with Crippen LogP contribution in [0.1, 0.15) is 25.8 Å². The van der Waals surface area contributed by atoms with E-state index in [0.29, 0.717) is 21.6 Å². The van der Waals surface area contributed by atoms with Crippen LogP contribution in [0.2, 0.25) is 5.02 Å². The van der Waals surface area contributed by atoms with Crippen LogP contribution in [0.25, 0.3) is 0 Å². The zero-order valence-corrected chi connectivity index (χ0v) is 15.0. The van der Waals surface area contributed by atoms with Gasteiger partial charge in [0, 0.05) is 33.1 Å². The fraction of sp³-hybridized carbons (Fsp3) is 0.625. The number of halogens is 2. The molecule has 0 saturated carbocycles. The summed E-state index contributed by atoms with van der Waals surface area (Å²) in [6.45, 7) is 5.47. The molecule has 0 bridgehead atoms. The molecule has 3 unspecified atom stereocenters. The second kappa shape index (κ2) is 8.66. The van der Waals surface area contributed by atoms with E-state index in [4.69, 9.17) is 11.6 Å². The summed E-state index contributed by atoms with van der Waals surface area (Å²) in [5, 5.41) is 5.48. The molecule has 2 rings (SSSR count). The first kappa shape index (κ1) is 17.5. The van der Waals surface area contributed by atoms with Crippen molar-refractivity contribution in [3.8, 4) is 0 Å². The molecule has 0 amide bonds. The van der Waals surface area contributed by atoms with Crippen molar-refractivity contribution in [2.24, 2.45) is 0 Å². The van der Waals surface area contributed by atoms with Crippen molar-refractivity contribution in [1.82, 2.24) is 5.32 Å². The van der Waals surface area contributed by atoms with Crippen LogP contribution >= 0.6 is 35.1 Å². The standard InChI is InChI=1S/C16H23ClFNS2/c1-3-6-19-15(16-11(2)20-7-8-21-16)10-12-9-13(18)4-5-14(12)17/h4-5,9,11,15-16,19H,3,6-8,10H2,1-2H3. The molecule has 1 heterocycles. The molecule has 5 heteroatoms. The molecule has 0 aromatic heterocycles. The van der Waals surface area contributed by atoms with E-state index in [0.717, 1.165) is 24.9 Å². The van der Waals surface area contributed by atoms with Crippen molar-refractivity contribution < 1.29 is 4.39 Å². The molecule has 0 spiro atoms. The SMILES string of the molecule is CCCNC(Cc1cc(F)ccc1Cl)C1SCCSC1C. The Morgan fingerprint density at radius 1 is 1.38 bits per heavy atom. The lowest BCUT2D eigenvalue weighted by atomic mass is 10.0. The molecule has 0 aliphatic carbocycles. The number of benzene rings is 1. The lowest BCUT2D eigenvalue weighted by Crippen LogP contribution is -2.46. The Balaban J connectivity index is 2.13. The van der Waals surface area contributed by atoms with Gasteiger partial charge in [-0.05, 0) is 43.1 Å². The number of nitrogens with one attached hydrogen (secondary N) is 1. The van der Waals surface area contributed by atoms with E-state index in [-0.39, 0.29) is 5.82 Å². The van der Waals surface area contributed by atoms with E-state index < -0.39 is 0 Å². The monoisotopic (exact) mass is 347 g/mol. The van der Waals surface area contributed by atoms with Crippen molar-refractivity contribution in [1.29, 1.82) is 0 Å². The summed E-state index contributed by atoms with van der Waals surface area (Å²) in [7, 11) is 0. The molecule has 1 fully saturated rings. The summed E-state index contributed by atoms with van der Waals surface area (Å²) >= 11 is 10.3. The lowest BCUT2D eigenvalue weighted by molar-refractivity contribution is 0.485. The molecule has 1 aromatic carbocycles. The normalized spacial score (nSPS) is 24.0. The Kier molecular flexibility index (Phi) is 7.20. The third kappa shape index (κ3) is 5.05. The minimum absolute atomic E-state index is 0.206. The summed E-state index contributed by atoms with van der Waals surface area (Å²) in [5.74, 6) is 2.21. The average molecular weight is 348 g/mol. The molecule has 118 valence electrons. The summed E-state index contributed by atoms with van der Waals surface area (Å²) < 4.78 is 13.5. The van der Waals surface area contributed by atoms with Gasteiger partial charge in [-0.15, -0.1) is 0 Å². The van der Waals surface area contributed by atoms with Gasteiger partial charge >= 0.3 is 0 Å². The van der Waals surface area contributed by atoms with Gasteiger partial charge in [-0.25, -0.2) is 4.39 Å². The van der Waals surface area contributed by atoms with Crippen LogP contribution in [-0.4, -0.2) is 34.6 Å².